The molecule has 1 N–H and O–H groups in total. The van der Waals surface area contributed by atoms with Gasteiger partial charge < -0.3 is 4.98 Å². The maximum absolute atomic E-state index is 3.47. The van der Waals surface area contributed by atoms with Crippen LogP contribution in [0.2, 0.25) is 0 Å². The molecule has 1 saturated heterocycles. The van der Waals surface area contributed by atoms with Crippen LogP contribution >= 0.6 is 0 Å². The quantitative estimate of drug-likeness (QED) is 0.874. The summed E-state index contributed by atoms with van der Waals surface area (Å²) in [5, 5.41) is 1.53. The Hall–Kier alpha value is -1.28. The van der Waals surface area contributed by atoms with Gasteiger partial charge in [-0.3, -0.25) is 4.90 Å². The van der Waals surface area contributed by atoms with Gasteiger partial charge in [-0.2, -0.15) is 0 Å². The lowest BCUT2D eigenvalue weighted by Gasteiger charge is -2.46. The molecule has 0 radical (unpaired) electrons. The molecule has 3 atom stereocenters. The van der Waals surface area contributed by atoms with E-state index < -0.39 is 0 Å². The molecular weight excluding hydrogens is 244 g/mol. The van der Waals surface area contributed by atoms with Crippen molar-refractivity contribution in [1.82, 2.24) is 9.88 Å². The first-order valence-corrected chi connectivity index (χ1v) is 8.11. The molecule has 106 valence electrons. The molecular formula is C18H24N2. The van der Waals surface area contributed by atoms with Crippen LogP contribution in [0.1, 0.15) is 43.7 Å². The third kappa shape index (κ3) is 1.74. The van der Waals surface area contributed by atoms with Crippen molar-refractivity contribution in [3.8, 4) is 0 Å². The molecule has 1 aromatic heterocycles. The van der Waals surface area contributed by atoms with Gasteiger partial charge in [0.1, 0.15) is 0 Å². The average molecular weight is 268 g/mol. The Labute approximate surface area is 121 Å². The predicted molar refractivity (Wildman–Crippen MR) is 84.2 cm³/mol. The molecule has 4 rings (SSSR count). The van der Waals surface area contributed by atoms with E-state index in [0.717, 1.165) is 17.9 Å². The molecule has 0 bridgehead atoms. The molecule has 0 saturated carbocycles. The number of fused-ring (bicyclic) bond motifs is 2. The van der Waals surface area contributed by atoms with Crippen LogP contribution in [0.4, 0.5) is 0 Å². The molecule has 2 heteroatoms. The SMILES string of the molecule is CCCN1CC(C)CC2c3cccc4[nH]cc(c34)C[C@H]21. The number of nitrogens with zero attached hydrogens (tertiary/aromatic N) is 1. The highest BCUT2D eigenvalue weighted by molar-refractivity contribution is 5.88. The van der Waals surface area contributed by atoms with E-state index in [9.17, 15) is 0 Å². The van der Waals surface area contributed by atoms with Gasteiger partial charge >= 0.3 is 0 Å². The van der Waals surface area contributed by atoms with Gasteiger partial charge in [-0.1, -0.05) is 26.0 Å². The summed E-state index contributed by atoms with van der Waals surface area (Å²) < 4.78 is 0. The number of hydrogen-bond acceptors (Lipinski definition) is 1. The standard InChI is InChI=1S/C18H24N2/c1-3-7-20-11-12(2)8-15-14-5-4-6-16-18(14)13(10-19-16)9-17(15)20/h4-6,10,12,15,17,19H,3,7-9,11H2,1-2H3/t12?,15?,17-/m1/s1. The summed E-state index contributed by atoms with van der Waals surface area (Å²) in [5.74, 6) is 1.55. The summed E-state index contributed by atoms with van der Waals surface area (Å²) in [6, 6.07) is 7.54. The van der Waals surface area contributed by atoms with Crippen LogP contribution in [0.25, 0.3) is 10.9 Å². The van der Waals surface area contributed by atoms with Gasteiger partial charge in [-0.05, 0) is 48.9 Å². The van der Waals surface area contributed by atoms with Gasteiger partial charge in [0.05, 0.1) is 0 Å². The molecule has 20 heavy (non-hydrogen) atoms. The molecule has 1 aliphatic heterocycles. The lowest BCUT2D eigenvalue weighted by atomic mass is 9.72. The highest BCUT2D eigenvalue weighted by Crippen LogP contribution is 2.44. The molecule has 2 unspecified atom stereocenters. The van der Waals surface area contributed by atoms with Crippen LogP contribution < -0.4 is 0 Å². The van der Waals surface area contributed by atoms with Gasteiger partial charge in [0, 0.05) is 35.6 Å². The number of aromatic amines is 1. The first-order valence-electron chi connectivity index (χ1n) is 8.11. The van der Waals surface area contributed by atoms with Crippen LogP contribution in [0.5, 0.6) is 0 Å². The number of hydrogen-bond donors (Lipinski definition) is 1. The molecule has 0 spiro atoms. The zero-order chi connectivity index (χ0) is 13.7. The van der Waals surface area contributed by atoms with E-state index in [1.54, 1.807) is 5.56 Å². The third-order valence-corrected chi connectivity index (χ3v) is 5.30. The summed E-state index contributed by atoms with van der Waals surface area (Å²) in [4.78, 5) is 6.23. The minimum absolute atomic E-state index is 0.722. The zero-order valence-electron chi connectivity index (χ0n) is 12.5. The Morgan fingerprint density at radius 1 is 1.35 bits per heavy atom. The number of rotatable bonds is 2. The fourth-order valence-electron chi connectivity index (χ4n) is 4.59. The Morgan fingerprint density at radius 3 is 3.10 bits per heavy atom. The highest BCUT2D eigenvalue weighted by Gasteiger charge is 2.39. The molecule has 2 heterocycles. The van der Waals surface area contributed by atoms with E-state index in [1.807, 2.05) is 0 Å². The summed E-state index contributed by atoms with van der Waals surface area (Å²) in [6.07, 6.45) is 6.09. The normalized spacial score (nSPS) is 29.6. The number of likely N-dealkylation sites (tertiary alicyclic amines) is 1. The van der Waals surface area contributed by atoms with E-state index in [0.29, 0.717) is 0 Å². The summed E-state index contributed by atoms with van der Waals surface area (Å²) in [5.41, 5.74) is 4.46. The maximum atomic E-state index is 3.47. The first-order chi connectivity index (χ1) is 9.78. The van der Waals surface area contributed by atoms with Crippen molar-refractivity contribution < 1.29 is 0 Å². The molecule has 2 aliphatic rings. The highest BCUT2D eigenvalue weighted by atomic mass is 15.2. The second kappa shape index (κ2) is 4.63. The number of H-pyrrole nitrogens is 1. The minimum Gasteiger partial charge on any atom is -0.361 e. The topological polar surface area (TPSA) is 19.0 Å². The Kier molecular flexibility index (Phi) is 2.88. The van der Waals surface area contributed by atoms with Crippen molar-refractivity contribution in [2.24, 2.45) is 5.92 Å². The monoisotopic (exact) mass is 268 g/mol. The summed E-state index contributed by atoms with van der Waals surface area (Å²) >= 11 is 0. The van der Waals surface area contributed by atoms with Crippen LogP contribution in [0.15, 0.2) is 24.4 Å². The lowest BCUT2D eigenvalue weighted by molar-refractivity contribution is 0.0911. The maximum Gasteiger partial charge on any atom is 0.0459 e. The van der Waals surface area contributed by atoms with Crippen molar-refractivity contribution >= 4 is 10.9 Å². The van der Waals surface area contributed by atoms with Gasteiger partial charge in [0.2, 0.25) is 0 Å². The molecule has 2 nitrogen and oxygen atoms in total. The second-order valence-corrected chi connectivity index (χ2v) is 6.80. The number of aromatic nitrogens is 1. The van der Waals surface area contributed by atoms with Gasteiger partial charge in [-0.25, -0.2) is 0 Å². The fraction of sp³-hybridized carbons (Fsp3) is 0.556. The Balaban J connectivity index is 1.82. The van der Waals surface area contributed by atoms with Gasteiger partial charge in [-0.15, -0.1) is 0 Å². The number of benzene rings is 1. The number of nitrogens with one attached hydrogen (secondary N) is 1. The Bertz CT molecular complexity index is 627. The minimum atomic E-state index is 0.722. The first kappa shape index (κ1) is 12.5. The lowest BCUT2D eigenvalue weighted by Crippen LogP contribution is -2.49. The average Bonchev–Trinajstić information content (AvgIpc) is 2.85. The van der Waals surface area contributed by atoms with E-state index in [2.05, 4.69) is 48.1 Å². The van der Waals surface area contributed by atoms with Crippen LogP contribution in [0.3, 0.4) is 0 Å². The van der Waals surface area contributed by atoms with E-state index in [1.165, 1.54) is 48.8 Å². The van der Waals surface area contributed by atoms with Gasteiger partial charge in [0.15, 0.2) is 0 Å². The molecule has 0 amide bonds. The van der Waals surface area contributed by atoms with E-state index >= 15 is 0 Å². The summed E-state index contributed by atoms with van der Waals surface area (Å²) in [7, 11) is 0. The van der Waals surface area contributed by atoms with Gasteiger partial charge in [0.25, 0.3) is 0 Å². The Morgan fingerprint density at radius 2 is 2.25 bits per heavy atom. The van der Waals surface area contributed by atoms with Crippen molar-refractivity contribution in [3.05, 3.63) is 35.5 Å². The van der Waals surface area contributed by atoms with E-state index in [4.69, 9.17) is 0 Å². The molecule has 1 aromatic carbocycles. The van der Waals surface area contributed by atoms with E-state index in [-0.39, 0.29) is 0 Å². The molecule has 1 fully saturated rings. The van der Waals surface area contributed by atoms with Crippen molar-refractivity contribution in [2.45, 2.75) is 45.1 Å². The van der Waals surface area contributed by atoms with Crippen molar-refractivity contribution in [3.63, 3.8) is 0 Å². The molecule has 1 aliphatic carbocycles. The summed E-state index contributed by atoms with van der Waals surface area (Å²) in [6.45, 7) is 7.26. The number of piperidine rings is 1. The van der Waals surface area contributed by atoms with Crippen molar-refractivity contribution in [2.75, 3.05) is 13.1 Å². The largest absolute Gasteiger partial charge is 0.361 e. The predicted octanol–water partition coefficient (Wildman–Crippen LogP) is 3.93. The third-order valence-electron chi connectivity index (χ3n) is 5.30. The van der Waals surface area contributed by atoms with Crippen LogP contribution in [-0.4, -0.2) is 29.0 Å². The van der Waals surface area contributed by atoms with Crippen LogP contribution in [-0.2, 0) is 6.42 Å². The van der Waals surface area contributed by atoms with Crippen LogP contribution in [0, 0.1) is 5.92 Å². The molecule has 2 aromatic rings. The smallest absolute Gasteiger partial charge is 0.0459 e. The zero-order valence-corrected chi connectivity index (χ0v) is 12.5. The second-order valence-electron chi connectivity index (χ2n) is 6.80. The van der Waals surface area contributed by atoms with Crippen molar-refractivity contribution in [1.29, 1.82) is 0 Å². The fourth-order valence-corrected chi connectivity index (χ4v) is 4.59.